The molecule has 1 aromatic rings. The van der Waals surface area contributed by atoms with Crippen molar-refractivity contribution in [3.05, 3.63) is 17.5 Å². The maximum atomic E-state index is 11.6. The predicted octanol–water partition coefficient (Wildman–Crippen LogP) is 0.583. The summed E-state index contributed by atoms with van der Waals surface area (Å²) in [5, 5.41) is 7.65. The summed E-state index contributed by atoms with van der Waals surface area (Å²) in [6.45, 7) is 4.87. The molecule has 0 aliphatic carbocycles. The number of aromatic nitrogens is 2. The number of rotatable bonds is 5. The average molecular weight is 300 g/mol. The highest BCUT2D eigenvalue weighted by molar-refractivity contribution is 7.88. The van der Waals surface area contributed by atoms with Crippen molar-refractivity contribution in [2.24, 2.45) is 5.92 Å². The zero-order chi connectivity index (χ0) is 14.8. The number of hydrogen-bond donors (Lipinski definition) is 1. The molecule has 1 aliphatic heterocycles. The lowest BCUT2D eigenvalue weighted by Crippen LogP contribution is -2.40. The number of sulfonamides is 1. The minimum Gasteiger partial charge on any atom is -0.316 e. The Balaban J connectivity index is 2.01. The van der Waals surface area contributed by atoms with Gasteiger partial charge in [-0.25, -0.2) is 12.7 Å². The fourth-order valence-corrected chi connectivity index (χ4v) is 3.70. The quantitative estimate of drug-likeness (QED) is 0.864. The van der Waals surface area contributed by atoms with Crippen LogP contribution in [0, 0.1) is 12.8 Å². The van der Waals surface area contributed by atoms with Crippen LogP contribution in [0.3, 0.4) is 0 Å². The van der Waals surface area contributed by atoms with Gasteiger partial charge in [-0.1, -0.05) is 0 Å². The molecule has 0 spiro atoms. The van der Waals surface area contributed by atoms with Gasteiger partial charge in [0.1, 0.15) is 0 Å². The molecule has 1 aromatic heterocycles. The first-order chi connectivity index (χ1) is 9.40. The summed E-state index contributed by atoms with van der Waals surface area (Å²) < 4.78 is 26.8. The number of aryl methyl sites for hydroxylation is 1. The molecule has 1 saturated heterocycles. The highest BCUT2D eigenvalue weighted by atomic mass is 32.2. The van der Waals surface area contributed by atoms with E-state index in [1.54, 1.807) is 4.31 Å². The third kappa shape index (κ3) is 3.80. The summed E-state index contributed by atoms with van der Waals surface area (Å²) in [6.07, 6.45) is 5.34. The molecule has 2 rings (SSSR count). The zero-order valence-corrected chi connectivity index (χ0v) is 13.3. The Morgan fingerprint density at radius 1 is 1.50 bits per heavy atom. The summed E-state index contributed by atoms with van der Waals surface area (Å²) in [7, 11) is -1.15. The van der Waals surface area contributed by atoms with Crippen LogP contribution in [0.25, 0.3) is 0 Å². The fraction of sp³-hybridized carbons (Fsp3) is 0.769. The Labute approximate surface area is 121 Å². The Morgan fingerprint density at radius 3 is 2.90 bits per heavy atom. The molecule has 1 N–H and O–H groups in total. The van der Waals surface area contributed by atoms with E-state index >= 15 is 0 Å². The lowest BCUT2D eigenvalue weighted by Gasteiger charge is -2.30. The number of nitrogens with one attached hydrogen (secondary N) is 1. The third-order valence-corrected chi connectivity index (χ3v) is 5.08. The third-order valence-electron chi connectivity index (χ3n) is 3.81. The van der Waals surface area contributed by atoms with Crippen LogP contribution in [0.4, 0.5) is 0 Å². The molecule has 0 radical (unpaired) electrons. The topological polar surface area (TPSA) is 67.2 Å². The van der Waals surface area contributed by atoms with Crippen molar-refractivity contribution >= 4 is 10.0 Å². The fourth-order valence-electron chi connectivity index (χ4n) is 2.76. The first-order valence-corrected chi connectivity index (χ1v) is 8.87. The second kappa shape index (κ2) is 6.24. The lowest BCUT2D eigenvalue weighted by molar-refractivity contribution is 0.240. The van der Waals surface area contributed by atoms with Crippen LogP contribution in [0.2, 0.25) is 0 Å². The zero-order valence-electron chi connectivity index (χ0n) is 12.5. The van der Waals surface area contributed by atoms with E-state index in [1.807, 2.05) is 18.7 Å². The molecule has 0 bridgehead atoms. The SMILES string of the molecule is CNCc1cn(CC2CCCN(S(C)(=O)=O)C2)nc1C. The van der Waals surface area contributed by atoms with E-state index in [2.05, 4.69) is 16.6 Å². The van der Waals surface area contributed by atoms with Crippen LogP contribution in [-0.4, -0.2) is 48.9 Å². The maximum Gasteiger partial charge on any atom is 0.211 e. The molecule has 6 nitrogen and oxygen atoms in total. The highest BCUT2D eigenvalue weighted by Crippen LogP contribution is 2.20. The number of nitrogens with zero attached hydrogens (tertiary/aromatic N) is 3. The first kappa shape index (κ1) is 15.5. The summed E-state index contributed by atoms with van der Waals surface area (Å²) in [4.78, 5) is 0. The van der Waals surface area contributed by atoms with Gasteiger partial charge in [0.15, 0.2) is 0 Å². The second-order valence-corrected chi connectivity index (χ2v) is 7.60. The largest absolute Gasteiger partial charge is 0.316 e. The van der Waals surface area contributed by atoms with Crippen LogP contribution in [0.5, 0.6) is 0 Å². The molecule has 1 fully saturated rings. The van der Waals surface area contributed by atoms with Gasteiger partial charge >= 0.3 is 0 Å². The Kier molecular flexibility index (Phi) is 4.82. The normalized spacial score (nSPS) is 21.2. The van der Waals surface area contributed by atoms with E-state index in [0.29, 0.717) is 19.0 Å². The molecular formula is C13H24N4O2S. The van der Waals surface area contributed by atoms with Crippen molar-refractivity contribution in [3.63, 3.8) is 0 Å². The van der Waals surface area contributed by atoms with Gasteiger partial charge in [-0.2, -0.15) is 5.10 Å². The van der Waals surface area contributed by atoms with Gasteiger partial charge in [-0.05, 0) is 32.7 Å². The minimum absolute atomic E-state index is 0.347. The molecule has 7 heteroatoms. The standard InChI is InChI=1S/C13H24N4O2S/c1-11-13(7-14-2)10-16(15-11)8-12-5-4-6-17(9-12)20(3,18)19/h10,12,14H,4-9H2,1-3H3. The van der Waals surface area contributed by atoms with Crippen molar-refractivity contribution in [3.8, 4) is 0 Å². The summed E-state index contributed by atoms with van der Waals surface area (Å²) in [5.74, 6) is 0.347. The highest BCUT2D eigenvalue weighted by Gasteiger charge is 2.26. The molecule has 1 atom stereocenters. The molecule has 114 valence electrons. The van der Waals surface area contributed by atoms with Gasteiger partial charge in [0.2, 0.25) is 10.0 Å². The molecular weight excluding hydrogens is 276 g/mol. The van der Waals surface area contributed by atoms with Crippen LogP contribution < -0.4 is 5.32 Å². The second-order valence-electron chi connectivity index (χ2n) is 5.62. The van der Waals surface area contributed by atoms with E-state index in [1.165, 1.54) is 11.8 Å². The molecule has 0 aromatic carbocycles. The molecule has 1 unspecified atom stereocenters. The first-order valence-electron chi connectivity index (χ1n) is 7.03. The lowest BCUT2D eigenvalue weighted by atomic mass is 10.00. The number of piperidine rings is 1. The summed E-state index contributed by atoms with van der Waals surface area (Å²) >= 11 is 0. The summed E-state index contributed by atoms with van der Waals surface area (Å²) in [6, 6.07) is 0. The predicted molar refractivity (Wildman–Crippen MR) is 78.9 cm³/mol. The monoisotopic (exact) mass is 300 g/mol. The van der Waals surface area contributed by atoms with Crippen molar-refractivity contribution < 1.29 is 8.42 Å². The smallest absolute Gasteiger partial charge is 0.211 e. The average Bonchev–Trinajstić information content (AvgIpc) is 2.69. The minimum atomic E-state index is -3.07. The molecule has 20 heavy (non-hydrogen) atoms. The van der Waals surface area contributed by atoms with Gasteiger partial charge < -0.3 is 5.32 Å². The van der Waals surface area contributed by atoms with E-state index < -0.39 is 10.0 Å². The van der Waals surface area contributed by atoms with E-state index in [4.69, 9.17) is 0 Å². The van der Waals surface area contributed by atoms with Crippen molar-refractivity contribution in [2.75, 3.05) is 26.4 Å². The Hall–Kier alpha value is -0.920. The van der Waals surface area contributed by atoms with Gasteiger partial charge in [0.05, 0.1) is 11.9 Å². The molecule has 0 amide bonds. The van der Waals surface area contributed by atoms with E-state index in [9.17, 15) is 8.42 Å². The van der Waals surface area contributed by atoms with Crippen molar-refractivity contribution in [1.82, 2.24) is 19.4 Å². The molecule has 0 saturated carbocycles. The van der Waals surface area contributed by atoms with Crippen molar-refractivity contribution in [1.29, 1.82) is 0 Å². The van der Waals surface area contributed by atoms with Gasteiger partial charge in [-0.15, -0.1) is 0 Å². The van der Waals surface area contributed by atoms with Crippen LogP contribution in [0.15, 0.2) is 6.20 Å². The van der Waals surface area contributed by atoms with E-state index in [-0.39, 0.29) is 0 Å². The maximum absolute atomic E-state index is 11.6. The molecule has 2 heterocycles. The van der Waals surface area contributed by atoms with Crippen LogP contribution in [0.1, 0.15) is 24.1 Å². The van der Waals surface area contributed by atoms with Crippen LogP contribution >= 0.6 is 0 Å². The Morgan fingerprint density at radius 2 is 2.25 bits per heavy atom. The van der Waals surface area contributed by atoms with Gasteiger partial charge in [0, 0.05) is 37.9 Å². The molecule has 1 aliphatic rings. The number of hydrogen-bond acceptors (Lipinski definition) is 4. The Bertz CT molecular complexity index is 553. The summed E-state index contributed by atoms with van der Waals surface area (Å²) in [5.41, 5.74) is 2.23. The van der Waals surface area contributed by atoms with Crippen LogP contribution in [-0.2, 0) is 23.1 Å². The van der Waals surface area contributed by atoms with Gasteiger partial charge in [0.25, 0.3) is 0 Å². The van der Waals surface area contributed by atoms with Crippen molar-refractivity contribution in [2.45, 2.75) is 32.9 Å². The van der Waals surface area contributed by atoms with E-state index in [0.717, 1.165) is 31.6 Å². The van der Waals surface area contributed by atoms with Gasteiger partial charge in [-0.3, -0.25) is 4.68 Å².